The number of aromatic amines is 1. The quantitative estimate of drug-likeness (QED) is 0.496. The van der Waals surface area contributed by atoms with Gasteiger partial charge in [0, 0.05) is 43.0 Å². The number of nitrogens with one attached hydrogen (secondary N) is 1. The fourth-order valence-corrected chi connectivity index (χ4v) is 6.37. The van der Waals surface area contributed by atoms with Gasteiger partial charge in [-0.3, -0.25) is 14.8 Å². The van der Waals surface area contributed by atoms with E-state index in [1.165, 1.54) is 12.0 Å². The van der Waals surface area contributed by atoms with Gasteiger partial charge in [-0.05, 0) is 49.3 Å². The third-order valence-corrected chi connectivity index (χ3v) is 8.47. The second-order valence-electron chi connectivity index (χ2n) is 10.8. The predicted molar refractivity (Wildman–Crippen MR) is 136 cm³/mol. The van der Waals surface area contributed by atoms with Crippen LogP contribution in [0.3, 0.4) is 0 Å². The van der Waals surface area contributed by atoms with Crippen LogP contribution in [0, 0.1) is 5.92 Å². The summed E-state index contributed by atoms with van der Waals surface area (Å²) in [5.41, 5.74) is 3.09. The van der Waals surface area contributed by atoms with E-state index in [-0.39, 0.29) is 24.0 Å². The van der Waals surface area contributed by atoms with Crippen LogP contribution in [-0.4, -0.2) is 82.7 Å². The van der Waals surface area contributed by atoms with E-state index in [0.717, 1.165) is 47.7 Å². The number of methoxy groups -OCH3 is 1. The number of carbonyl (C=O) groups is 1. The standard InChI is InChI=1S/C27H31F3N6O3/c1-38-24(37)17-4-6-26(39-15-17)7-10-35(11-8-26)25-31-12-18(13-32-25)23-20-2-3-22-21(14-33-34-22)19(20)5-9-36(23)16-27(28,29)30/h2-3,12-14,17,23H,4-11,15-16H2,1H3,(H,33,34). The third-order valence-electron chi connectivity index (χ3n) is 8.47. The molecule has 2 unspecified atom stereocenters. The van der Waals surface area contributed by atoms with Gasteiger partial charge in [-0.25, -0.2) is 9.97 Å². The molecule has 12 heteroatoms. The monoisotopic (exact) mass is 544 g/mol. The van der Waals surface area contributed by atoms with Crippen molar-refractivity contribution in [2.24, 2.45) is 5.92 Å². The van der Waals surface area contributed by atoms with E-state index < -0.39 is 18.8 Å². The fraction of sp³-hybridized carbons (Fsp3) is 0.556. The molecule has 6 rings (SSSR count). The molecule has 2 saturated heterocycles. The van der Waals surface area contributed by atoms with Crippen LogP contribution in [0.5, 0.6) is 0 Å². The van der Waals surface area contributed by atoms with Crippen molar-refractivity contribution in [3.63, 3.8) is 0 Å². The van der Waals surface area contributed by atoms with E-state index in [1.807, 2.05) is 12.1 Å². The van der Waals surface area contributed by atoms with Crippen LogP contribution in [-0.2, 0) is 20.7 Å². The maximum atomic E-state index is 13.5. The highest BCUT2D eigenvalue weighted by Gasteiger charge is 2.42. The molecule has 3 aromatic rings. The molecule has 5 heterocycles. The molecule has 0 aliphatic carbocycles. The number of carbonyl (C=O) groups excluding carboxylic acids is 1. The number of nitrogens with zero attached hydrogens (tertiary/aromatic N) is 5. The van der Waals surface area contributed by atoms with E-state index in [9.17, 15) is 18.0 Å². The molecule has 0 bridgehead atoms. The van der Waals surface area contributed by atoms with Crippen molar-refractivity contribution in [2.75, 3.05) is 44.8 Å². The van der Waals surface area contributed by atoms with Crippen molar-refractivity contribution in [3.8, 4) is 0 Å². The second-order valence-corrected chi connectivity index (χ2v) is 10.8. The topological polar surface area (TPSA) is 96.5 Å². The zero-order valence-electron chi connectivity index (χ0n) is 21.7. The minimum atomic E-state index is -4.32. The lowest BCUT2D eigenvalue weighted by Crippen LogP contribution is -2.50. The molecule has 3 aliphatic rings. The number of esters is 1. The van der Waals surface area contributed by atoms with Gasteiger partial charge in [-0.1, -0.05) is 6.07 Å². The first-order chi connectivity index (χ1) is 18.8. The van der Waals surface area contributed by atoms with Crippen molar-refractivity contribution in [3.05, 3.63) is 47.4 Å². The number of hydrogen-bond acceptors (Lipinski definition) is 8. The number of H-pyrrole nitrogens is 1. The Labute approximate surface area is 223 Å². The van der Waals surface area contributed by atoms with E-state index >= 15 is 0 Å². The molecule has 1 spiro atoms. The lowest BCUT2D eigenvalue weighted by molar-refractivity contribution is -0.161. The Balaban J connectivity index is 1.19. The van der Waals surface area contributed by atoms with Crippen molar-refractivity contribution >= 4 is 22.8 Å². The predicted octanol–water partition coefficient (Wildman–Crippen LogP) is 3.80. The SMILES string of the molecule is COC(=O)C1CCC2(CCN(c3ncc(C4c5ccc6[nH]ncc6c5CCN4CC(F)(F)F)cn3)CC2)OC1. The van der Waals surface area contributed by atoms with E-state index in [0.29, 0.717) is 37.6 Å². The van der Waals surface area contributed by atoms with Gasteiger partial charge in [0.25, 0.3) is 0 Å². The van der Waals surface area contributed by atoms with Gasteiger partial charge in [-0.2, -0.15) is 18.3 Å². The highest BCUT2D eigenvalue weighted by Crippen LogP contribution is 2.40. The zero-order valence-corrected chi connectivity index (χ0v) is 21.7. The van der Waals surface area contributed by atoms with Crippen molar-refractivity contribution in [1.29, 1.82) is 0 Å². The number of aromatic nitrogens is 4. The van der Waals surface area contributed by atoms with Crippen LogP contribution >= 0.6 is 0 Å². The van der Waals surface area contributed by atoms with Crippen LogP contribution in [0.25, 0.3) is 10.9 Å². The van der Waals surface area contributed by atoms with E-state index in [1.54, 1.807) is 18.6 Å². The molecule has 1 N–H and O–H groups in total. The number of hydrogen-bond donors (Lipinski definition) is 1. The number of anilines is 1. The summed E-state index contributed by atoms with van der Waals surface area (Å²) in [6, 6.07) is 3.15. The number of halogens is 3. The fourth-order valence-electron chi connectivity index (χ4n) is 6.37. The summed E-state index contributed by atoms with van der Waals surface area (Å²) < 4.78 is 51.6. The summed E-state index contributed by atoms with van der Waals surface area (Å²) in [5.74, 6) is 0.126. The summed E-state index contributed by atoms with van der Waals surface area (Å²) in [5, 5.41) is 8.00. The Morgan fingerprint density at radius 2 is 1.92 bits per heavy atom. The largest absolute Gasteiger partial charge is 0.469 e. The molecular weight excluding hydrogens is 513 g/mol. The molecular formula is C27H31F3N6O3. The molecule has 2 fully saturated rings. The first kappa shape index (κ1) is 26.0. The van der Waals surface area contributed by atoms with Gasteiger partial charge in [0.1, 0.15) is 0 Å². The van der Waals surface area contributed by atoms with Crippen LogP contribution in [0.2, 0.25) is 0 Å². The zero-order chi connectivity index (χ0) is 27.2. The van der Waals surface area contributed by atoms with Gasteiger partial charge >= 0.3 is 12.1 Å². The molecule has 2 atom stereocenters. The minimum absolute atomic E-state index is 0.207. The Bertz CT molecular complexity index is 1330. The molecule has 0 saturated carbocycles. The lowest BCUT2D eigenvalue weighted by Gasteiger charge is -2.45. The number of piperidine rings is 1. The molecule has 208 valence electrons. The molecule has 0 amide bonds. The van der Waals surface area contributed by atoms with Crippen LogP contribution in [0.1, 0.15) is 48.4 Å². The van der Waals surface area contributed by atoms with Crippen LogP contribution < -0.4 is 4.90 Å². The van der Waals surface area contributed by atoms with E-state index in [2.05, 4.69) is 25.1 Å². The maximum absolute atomic E-state index is 13.5. The molecule has 0 radical (unpaired) electrons. The average molecular weight is 545 g/mol. The number of alkyl halides is 3. The van der Waals surface area contributed by atoms with Crippen LogP contribution in [0.4, 0.5) is 19.1 Å². The first-order valence-electron chi connectivity index (χ1n) is 13.3. The molecule has 39 heavy (non-hydrogen) atoms. The van der Waals surface area contributed by atoms with Gasteiger partial charge in [-0.15, -0.1) is 0 Å². The third kappa shape index (κ3) is 5.07. The average Bonchev–Trinajstić information content (AvgIpc) is 3.42. The molecule has 3 aliphatic heterocycles. The molecule has 9 nitrogen and oxygen atoms in total. The summed E-state index contributed by atoms with van der Waals surface area (Å²) in [6.45, 7) is 1.04. The smallest absolute Gasteiger partial charge is 0.401 e. The summed E-state index contributed by atoms with van der Waals surface area (Å²) in [4.78, 5) is 24.6. The van der Waals surface area contributed by atoms with Gasteiger partial charge in [0.2, 0.25) is 5.95 Å². The van der Waals surface area contributed by atoms with Crippen molar-refractivity contribution < 1.29 is 27.4 Å². The number of rotatable bonds is 4. The molecule has 1 aromatic carbocycles. The summed E-state index contributed by atoms with van der Waals surface area (Å²) in [6.07, 6.45) is 4.39. The van der Waals surface area contributed by atoms with Gasteiger partial charge in [0.05, 0.1) is 49.5 Å². The van der Waals surface area contributed by atoms with E-state index in [4.69, 9.17) is 9.47 Å². The highest BCUT2D eigenvalue weighted by atomic mass is 19.4. The Morgan fingerprint density at radius 1 is 1.15 bits per heavy atom. The number of fused-ring (bicyclic) bond motifs is 3. The van der Waals surface area contributed by atoms with Crippen LogP contribution in [0.15, 0.2) is 30.7 Å². The second kappa shape index (κ2) is 10.1. The minimum Gasteiger partial charge on any atom is -0.469 e. The Morgan fingerprint density at radius 3 is 2.59 bits per heavy atom. The molecule has 2 aromatic heterocycles. The summed E-state index contributed by atoms with van der Waals surface area (Å²) >= 11 is 0. The Kier molecular flexibility index (Phi) is 6.70. The number of benzene rings is 1. The first-order valence-corrected chi connectivity index (χ1v) is 13.3. The summed E-state index contributed by atoms with van der Waals surface area (Å²) in [7, 11) is 1.40. The maximum Gasteiger partial charge on any atom is 0.401 e. The lowest BCUT2D eigenvalue weighted by atomic mass is 9.82. The highest BCUT2D eigenvalue weighted by molar-refractivity contribution is 5.83. The van der Waals surface area contributed by atoms with Gasteiger partial charge in [0.15, 0.2) is 0 Å². The van der Waals surface area contributed by atoms with Gasteiger partial charge < -0.3 is 14.4 Å². The Hall–Kier alpha value is -3.25. The number of ether oxygens (including phenoxy) is 2. The van der Waals surface area contributed by atoms with Crippen molar-refractivity contribution in [1.82, 2.24) is 25.1 Å². The normalized spacial score (nSPS) is 23.6. The van der Waals surface area contributed by atoms with Crippen molar-refractivity contribution in [2.45, 2.75) is 49.9 Å².